The first kappa shape index (κ1) is 29.0. The van der Waals surface area contributed by atoms with Gasteiger partial charge >= 0.3 is 0 Å². The van der Waals surface area contributed by atoms with E-state index in [4.69, 9.17) is 4.74 Å². The first-order valence-electron chi connectivity index (χ1n) is 12.8. The minimum atomic E-state index is -3.83. The predicted octanol–water partition coefficient (Wildman–Crippen LogP) is 4.34. The summed E-state index contributed by atoms with van der Waals surface area (Å²) in [5, 5.41) is 4.55. The minimum Gasteiger partial charge on any atom is -0.497 e. The van der Waals surface area contributed by atoms with Crippen molar-refractivity contribution in [3.05, 3.63) is 72.3 Å². The highest BCUT2D eigenvalue weighted by molar-refractivity contribution is 7.92. The lowest BCUT2D eigenvalue weighted by Crippen LogP contribution is -2.53. The van der Waals surface area contributed by atoms with Crippen LogP contribution in [0.15, 0.2) is 66.7 Å². The Kier molecular flexibility index (Phi) is 9.74. The molecule has 8 nitrogen and oxygen atoms in total. The van der Waals surface area contributed by atoms with Gasteiger partial charge in [-0.05, 0) is 48.9 Å². The Balaban J connectivity index is 2.03. The molecule has 3 rings (SSSR count). The summed E-state index contributed by atoms with van der Waals surface area (Å²) in [4.78, 5) is 28.7. The van der Waals surface area contributed by atoms with Gasteiger partial charge in [0.05, 0.1) is 19.1 Å². The number of carbonyl (C=O) groups is 2. The van der Waals surface area contributed by atoms with Crippen molar-refractivity contribution in [2.45, 2.75) is 52.2 Å². The normalized spacial score (nSPS) is 13.0. The highest BCUT2D eigenvalue weighted by atomic mass is 32.2. The van der Waals surface area contributed by atoms with Crippen molar-refractivity contribution in [1.29, 1.82) is 0 Å². The average Bonchev–Trinajstić information content (AvgIpc) is 2.90. The van der Waals surface area contributed by atoms with E-state index in [0.29, 0.717) is 23.2 Å². The summed E-state index contributed by atoms with van der Waals surface area (Å²) in [6.07, 6.45) is 2.20. The van der Waals surface area contributed by atoms with Crippen LogP contribution in [0, 0.1) is 0 Å². The zero-order valence-electron chi connectivity index (χ0n) is 22.7. The lowest BCUT2D eigenvalue weighted by Gasteiger charge is -2.33. The van der Waals surface area contributed by atoms with E-state index >= 15 is 0 Å². The lowest BCUT2D eigenvalue weighted by molar-refractivity contribution is -0.140. The third kappa shape index (κ3) is 7.04. The first-order valence-corrected chi connectivity index (χ1v) is 14.6. The minimum absolute atomic E-state index is 0.0616. The Morgan fingerprint density at radius 2 is 1.66 bits per heavy atom. The number of sulfonamides is 1. The first-order chi connectivity index (χ1) is 18.1. The summed E-state index contributed by atoms with van der Waals surface area (Å²) in [6.45, 7) is 5.40. The summed E-state index contributed by atoms with van der Waals surface area (Å²) in [7, 11) is -2.27. The number of nitrogens with zero attached hydrogens (tertiary/aromatic N) is 2. The molecule has 0 radical (unpaired) electrons. The second-order valence-corrected chi connectivity index (χ2v) is 11.3. The number of amides is 2. The molecule has 0 spiro atoms. The highest BCUT2D eigenvalue weighted by Gasteiger charge is 2.32. The Morgan fingerprint density at radius 3 is 2.32 bits per heavy atom. The Labute approximate surface area is 225 Å². The van der Waals surface area contributed by atoms with Gasteiger partial charge in [0, 0.05) is 18.0 Å². The van der Waals surface area contributed by atoms with Crippen molar-refractivity contribution >= 4 is 38.3 Å². The molecule has 0 bridgehead atoms. The highest BCUT2D eigenvalue weighted by Crippen LogP contribution is 2.29. The lowest BCUT2D eigenvalue weighted by atomic mass is 10.1. The van der Waals surface area contributed by atoms with Gasteiger partial charge in [-0.1, -0.05) is 62.4 Å². The molecule has 3 aromatic carbocycles. The SMILES string of the molecule is CCC(C)NC(=O)C(CC)N(Cc1cccc(OC)c1)C(=O)CN(c1cccc2ccccc12)S(C)(=O)=O. The molecule has 1 N–H and O–H groups in total. The van der Waals surface area contributed by atoms with E-state index in [1.807, 2.05) is 63.2 Å². The number of ether oxygens (including phenoxy) is 1. The van der Waals surface area contributed by atoms with Crippen LogP contribution in [-0.4, -0.2) is 57.1 Å². The third-order valence-electron chi connectivity index (χ3n) is 6.59. The number of nitrogens with one attached hydrogen (secondary N) is 1. The molecule has 9 heteroatoms. The Morgan fingerprint density at radius 1 is 0.974 bits per heavy atom. The molecule has 0 aliphatic rings. The molecule has 0 aromatic heterocycles. The quantitative estimate of drug-likeness (QED) is 0.370. The van der Waals surface area contributed by atoms with Crippen LogP contribution in [0.4, 0.5) is 5.69 Å². The van der Waals surface area contributed by atoms with Crippen molar-refractivity contribution in [1.82, 2.24) is 10.2 Å². The molecule has 38 heavy (non-hydrogen) atoms. The zero-order valence-corrected chi connectivity index (χ0v) is 23.5. The van der Waals surface area contributed by atoms with Gasteiger partial charge in [0.1, 0.15) is 18.3 Å². The van der Waals surface area contributed by atoms with Crippen molar-refractivity contribution < 1.29 is 22.7 Å². The van der Waals surface area contributed by atoms with Gasteiger partial charge in [-0.15, -0.1) is 0 Å². The molecule has 0 saturated heterocycles. The maximum atomic E-state index is 13.9. The number of anilines is 1. The van der Waals surface area contributed by atoms with Crippen molar-refractivity contribution in [3.63, 3.8) is 0 Å². The molecule has 0 aliphatic carbocycles. The number of benzene rings is 3. The van der Waals surface area contributed by atoms with Crippen LogP contribution in [0.1, 0.15) is 39.2 Å². The number of hydrogen-bond donors (Lipinski definition) is 1. The van der Waals surface area contributed by atoms with Gasteiger partial charge in [0.25, 0.3) is 0 Å². The summed E-state index contributed by atoms with van der Waals surface area (Å²) in [6, 6.07) is 19.2. The number of methoxy groups -OCH3 is 1. The smallest absolute Gasteiger partial charge is 0.244 e. The summed E-state index contributed by atoms with van der Waals surface area (Å²) in [5.74, 6) is -0.119. The fourth-order valence-electron chi connectivity index (χ4n) is 4.35. The van der Waals surface area contributed by atoms with Gasteiger partial charge < -0.3 is 15.0 Å². The molecule has 0 aliphatic heterocycles. The molecule has 0 fully saturated rings. The Bertz CT molecular complexity index is 1370. The van der Waals surface area contributed by atoms with E-state index in [9.17, 15) is 18.0 Å². The molecule has 204 valence electrons. The van der Waals surface area contributed by atoms with Gasteiger partial charge in [0.15, 0.2) is 0 Å². The molecular formula is C29H37N3O5S. The van der Waals surface area contributed by atoms with Crippen LogP contribution in [-0.2, 0) is 26.2 Å². The van der Waals surface area contributed by atoms with E-state index in [2.05, 4.69) is 5.32 Å². The van der Waals surface area contributed by atoms with Crippen molar-refractivity contribution in [3.8, 4) is 5.75 Å². The van der Waals surface area contributed by atoms with E-state index < -0.39 is 28.5 Å². The molecule has 2 atom stereocenters. The molecular weight excluding hydrogens is 502 g/mol. The van der Waals surface area contributed by atoms with Gasteiger partial charge in [0.2, 0.25) is 21.8 Å². The fraction of sp³-hybridized carbons (Fsp3) is 0.379. The van der Waals surface area contributed by atoms with Gasteiger partial charge in [-0.2, -0.15) is 0 Å². The van der Waals surface area contributed by atoms with E-state index in [1.54, 1.807) is 31.4 Å². The number of fused-ring (bicyclic) bond motifs is 1. The molecule has 3 aromatic rings. The largest absolute Gasteiger partial charge is 0.497 e. The number of carbonyl (C=O) groups excluding carboxylic acids is 2. The Hall–Kier alpha value is -3.59. The standard InChI is InChI=1S/C29H37N3O5S/c1-6-21(3)30-29(34)26(7-2)31(19-22-12-10-15-24(18-22)37-4)28(33)20-32(38(5,35)36)27-17-11-14-23-13-8-9-16-25(23)27/h8-18,21,26H,6-7,19-20H2,1-5H3,(H,30,34). The third-order valence-corrected chi connectivity index (χ3v) is 7.71. The maximum Gasteiger partial charge on any atom is 0.244 e. The topological polar surface area (TPSA) is 96.0 Å². The second-order valence-electron chi connectivity index (χ2n) is 9.38. The monoisotopic (exact) mass is 539 g/mol. The van der Waals surface area contributed by atoms with Crippen LogP contribution in [0.25, 0.3) is 10.8 Å². The molecule has 0 heterocycles. The summed E-state index contributed by atoms with van der Waals surface area (Å²) in [5.41, 5.74) is 1.18. The molecule has 2 unspecified atom stereocenters. The predicted molar refractivity (Wildman–Crippen MR) is 152 cm³/mol. The van der Waals surface area contributed by atoms with Crippen molar-refractivity contribution in [2.75, 3.05) is 24.2 Å². The number of hydrogen-bond acceptors (Lipinski definition) is 5. The molecule has 0 saturated carbocycles. The zero-order chi connectivity index (χ0) is 27.9. The van der Waals surface area contributed by atoms with Crippen LogP contribution in [0.5, 0.6) is 5.75 Å². The van der Waals surface area contributed by atoms with Crippen molar-refractivity contribution in [2.24, 2.45) is 0 Å². The van der Waals surface area contributed by atoms with Gasteiger partial charge in [-0.3, -0.25) is 13.9 Å². The molecule has 2 amide bonds. The van der Waals surface area contributed by atoms with Crippen LogP contribution in [0.3, 0.4) is 0 Å². The average molecular weight is 540 g/mol. The van der Waals surface area contributed by atoms with Crippen LogP contribution in [0.2, 0.25) is 0 Å². The van der Waals surface area contributed by atoms with E-state index in [1.165, 1.54) is 4.90 Å². The second kappa shape index (κ2) is 12.8. The maximum absolute atomic E-state index is 13.9. The fourth-order valence-corrected chi connectivity index (χ4v) is 5.21. The summed E-state index contributed by atoms with van der Waals surface area (Å²) < 4.78 is 32.4. The van der Waals surface area contributed by atoms with Crippen LogP contribution < -0.4 is 14.4 Å². The van der Waals surface area contributed by atoms with Gasteiger partial charge in [-0.25, -0.2) is 8.42 Å². The summed E-state index contributed by atoms with van der Waals surface area (Å²) >= 11 is 0. The van der Waals surface area contributed by atoms with Crippen LogP contribution >= 0.6 is 0 Å². The van der Waals surface area contributed by atoms with E-state index in [-0.39, 0.29) is 18.5 Å². The van der Waals surface area contributed by atoms with E-state index in [0.717, 1.165) is 27.9 Å². The number of rotatable bonds is 12.